The predicted molar refractivity (Wildman–Crippen MR) is 89.7 cm³/mol. The molecule has 1 aliphatic rings. The van der Waals surface area contributed by atoms with Crippen LogP contribution in [0.15, 0.2) is 30.5 Å². The van der Waals surface area contributed by atoms with Crippen molar-refractivity contribution in [1.29, 1.82) is 0 Å². The lowest BCUT2D eigenvalue weighted by atomic mass is 10.0. The lowest BCUT2D eigenvalue weighted by Gasteiger charge is -2.15. The van der Waals surface area contributed by atoms with Crippen molar-refractivity contribution >= 4 is 22.8 Å². The van der Waals surface area contributed by atoms with Crippen molar-refractivity contribution < 1.29 is 19.4 Å². The summed E-state index contributed by atoms with van der Waals surface area (Å²) in [4.78, 5) is 26.7. The van der Waals surface area contributed by atoms with E-state index in [0.717, 1.165) is 35.9 Å². The van der Waals surface area contributed by atoms with Crippen LogP contribution in [-0.4, -0.2) is 41.2 Å². The maximum atomic E-state index is 12.1. The van der Waals surface area contributed by atoms with Crippen LogP contribution in [0, 0.1) is 5.92 Å². The highest BCUT2D eigenvalue weighted by Crippen LogP contribution is 2.20. The van der Waals surface area contributed by atoms with Crippen molar-refractivity contribution in [3.8, 4) is 0 Å². The third-order valence-electron chi connectivity index (χ3n) is 4.54. The molecule has 1 aromatic heterocycles. The van der Waals surface area contributed by atoms with Gasteiger partial charge in [0, 0.05) is 43.2 Å². The third kappa shape index (κ3) is 3.94. The van der Waals surface area contributed by atoms with Gasteiger partial charge >= 0.3 is 5.97 Å². The van der Waals surface area contributed by atoms with Gasteiger partial charge in [0.2, 0.25) is 5.91 Å². The van der Waals surface area contributed by atoms with Crippen molar-refractivity contribution in [2.24, 2.45) is 5.92 Å². The second kappa shape index (κ2) is 7.49. The molecule has 1 saturated heterocycles. The normalized spacial score (nSPS) is 18.6. The summed E-state index contributed by atoms with van der Waals surface area (Å²) in [7, 11) is 0. The first kappa shape index (κ1) is 16.5. The van der Waals surface area contributed by atoms with Crippen LogP contribution >= 0.6 is 0 Å². The minimum absolute atomic E-state index is 0.214. The number of benzene rings is 1. The van der Waals surface area contributed by atoms with E-state index < -0.39 is 12.0 Å². The van der Waals surface area contributed by atoms with Gasteiger partial charge < -0.3 is 20.1 Å². The van der Waals surface area contributed by atoms with E-state index in [-0.39, 0.29) is 12.3 Å². The fraction of sp³-hybridized carbons (Fsp3) is 0.444. The van der Waals surface area contributed by atoms with E-state index in [0.29, 0.717) is 18.9 Å². The molecular weight excluding hydrogens is 308 g/mol. The Morgan fingerprint density at radius 2 is 2.21 bits per heavy atom. The van der Waals surface area contributed by atoms with E-state index in [4.69, 9.17) is 4.74 Å². The van der Waals surface area contributed by atoms with E-state index >= 15 is 0 Å². The van der Waals surface area contributed by atoms with E-state index in [2.05, 4.69) is 10.3 Å². The highest BCUT2D eigenvalue weighted by Gasteiger charge is 2.23. The number of carbonyl (C=O) groups excluding carboxylic acids is 1. The summed E-state index contributed by atoms with van der Waals surface area (Å²) < 4.78 is 5.29. The number of ether oxygens (including phenoxy) is 1. The van der Waals surface area contributed by atoms with Gasteiger partial charge in [-0.2, -0.15) is 0 Å². The van der Waals surface area contributed by atoms with Crippen molar-refractivity contribution in [2.45, 2.75) is 31.7 Å². The molecule has 2 heterocycles. The highest BCUT2D eigenvalue weighted by molar-refractivity contribution is 5.86. The fourth-order valence-corrected chi connectivity index (χ4v) is 3.13. The van der Waals surface area contributed by atoms with Gasteiger partial charge in [-0.15, -0.1) is 0 Å². The zero-order chi connectivity index (χ0) is 16.9. The molecular formula is C18H22N2O4. The van der Waals surface area contributed by atoms with Gasteiger partial charge in [0.15, 0.2) is 0 Å². The van der Waals surface area contributed by atoms with E-state index in [1.807, 2.05) is 30.5 Å². The topological polar surface area (TPSA) is 91.4 Å². The molecule has 6 heteroatoms. The zero-order valence-corrected chi connectivity index (χ0v) is 13.5. The quantitative estimate of drug-likeness (QED) is 0.725. The summed E-state index contributed by atoms with van der Waals surface area (Å²) in [6.45, 7) is 1.45. The minimum Gasteiger partial charge on any atom is -0.480 e. The number of hydrogen-bond donors (Lipinski definition) is 3. The molecule has 3 N–H and O–H groups in total. The zero-order valence-electron chi connectivity index (χ0n) is 13.5. The van der Waals surface area contributed by atoms with Crippen LogP contribution in [0.3, 0.4) is 0 Å². The molecule has 0 spiro atoms. The number of para-hydroxylation sites is 1. The molecule has 0 bridgehead atoms. The Morgan fingerprint density at radius 1 is 1.38 bits per heavy atom. The van der Waals surface area contributed by atoms with E-state index in [1.165, 1.54) is 0 Å². The molecule has 2 unspecified atom stereocenters. The van der Waals surface area contributed by atoms with Gasteiger partial charge in [-0.3, -0.25) is 4.79 Å². The smallest absolute Gasteiger partial charge is 0.326 e. The molecule has 2 aromatic rings. The number of fused-ring (bicyclic) bond motifs is 1. The lowest BCUT2D eigenvalue weighted by molar-refractivity contribution is -0.141. The molecule has 6 nitrogen and oxygen atoms in total. The summed E-state index contributed by atoms with van der Waals surface area (Å²) in [5.41, 5.74) is 1.85. The Bertz CT molecular complexity index is 719. The standard InChI is InChI=1S/C18H22N2O4/c21-17(6-5-12-7-8-24-11-12)20-16(18(22)23)9-13-10-19-15-4-2-1-3-14(13)15/h1-4,10,12,16,19H,5-9,11H2,(H,20,21)(H,22,23). The number of carboxylic acid groups (broad SMARTS) is 1. The largest absolute Gasteiger partial charge is 0.480 e. The molecule has 0 saturated carbocycles. The number of aromatic amines is 1. The minimum atomic E-state index is -1.02. The molecule has 1 aromatic carbocycles. The SMILES string of the molecule is O=C(CCC1CCOC1)NC(Cc1c[nH]c2ccccc12)C(=O)O. The highest BCUT2D eigenvalue weighted by atomic mass is 16.5. The summed E-state index contributed by atoms with van der Waals surface area (Å²) in [5, 5.41) is 13.1. The number of hydrogen-bond acceptors (Lipinski definition) is 3. The maximum Gasteiger partial charge on any atom is 0.326 e. The Kier molecular flexibility index (Phi) is 5.15. The fourth-order valence-electron chi connectivity index (χ4n) is 3.13. The number of nitrogens with one attached hydrogen (secondary N) is 2. The Labute approximate surface area is 140 Å². The third-order valence-corrected chi connectivity index (χ3v) is 4.54. The second-order valence-corrected chi connectivity index (χ2v) is 6.29. The Hall–Kier alpha value is -2.34. The molecule has 1 fully saturated rings. The van der Waals surface area contributed by atoms with Gasteiger partial charge in [-0.05, 0) is 30.4 Å². The number of H-pyrrole nitrogens is 1. The second-order valence-electron chi connectivity index (χ2n) is 6.29. The van der Waals surface area contributed by atoms with Crippen LogP contribution in [0.25, 0.3) is 10.9 Å². The summed E-state index contributed by atoms with van der Waals surface area (Å²) >= 11 is 0. The van der Waals surface area contributed by atoms with Crippen molar-refractivity contribution in [1.82, 2.24) is 10.3 Å². The number of aliphatic carboxylic acids is 1. The average Bonchev–Trinajstić information content (AvgIpc) is 3.22. The van der Waals surface area contributed by atoms with Crippen molar-refractivity contribution in [2.75, 3.05) is 13.2 Å². The van der Waals surface area contributed by atoms with Crippen LogP contribution in [0.5, 0.6) is 0 Å². The van der Waals surface area contributed by atoms with Gasteiger partial charge in [-0.25, -0.2) is 4.79 Å². The van der Waals surface area contributed by atoms with Crippen LogP contribution in [0.2, 0.25) is 0 Å². The lowest BCUT2D eigenvalue weighted by Crippen LogP contribution is -2.42. The summed E-state index contributed by atoms with van der Waals surface area (Å²) in [5.74, 6) is -0.820. The molecule has 0 radical (unpaired) electrons. The van der Waals surface area contributed by atoms with Crippen LogP contribution < -0.4 is 5.32 Å². The van der Waals surface area contributed by atoms with Crippen LogP contribution in [0.1, 0.15) is 24.8 Å². The first-order valence-corrected chi connectivity index (χ1v) is 8.28. The van der Waals surface area contributed by atoms with Crippen LogP contribution in [-0.2, 0) is 20.7 Å². The molecule has 0 aliphatic carbocycles. The molecule has 128 valence electrons. The number of amides is 1. The van der Waals surface area contributed by atoms with Gasteiger partial charge in [0.1, 0.15) is 6.04 Å². The molecule has 1 amide bonds. The maximum absolute atomic E-state index is 12.1. The van der Waals surface area contributed by atoms with Crippen molar-refractivity contribution in [3.05, 3.63) is 36.0 Å². The summed E-state index contributed by atoms with van der Waals surface area (Å²) in [6, 6.07) is 6.80. The van der Waals surface area contributed by atoms with Crippen LogP contribution in [0.4, 0.5) is 0 Å². The first-order valence-electron chi connectivity index (χ1n) is 8.28. The number of carboxylic acids is 1. The van der Waals surface area contributed by atoms with E-state index in [1.54, 1.807) is 0 Å². The first-order chi connectivity index (χ1) is 11.6. The van der Waals surface area contributed by atoms with Crippen molar-refractivity contribution in [3.63, 3.8) is 0 Å². The predicted octanol–water partition coefficient (Wildman–Crippen LogP) is 2.10. The molecule has 2 atom stereocenters. The number of rotatable bonds is 7. The average molecular weight is 330 g/mol. The number of aromatic nitrogens is 1. The van der Waals surface area contributed by atoms with Gasteiger partial charge in [0.25, 0.3) is 0 Å². The Morgan fingerprint density at radius 3 is 2.96 bits per heavy atom. The summed E-state index contributed by atoms with van der Waals surface area (Å²) in [6.07, 6.45) is 4.13. The molecule has 24 heavy (non-hydrogen) atoms. The monoisotopic (exact) mass is 330 g/mol. The Balaban J connectivity index is 1.60. The molecule has 3 rings (SSSR count). The number of carbonyl (C=O) groups is 2. The van der Waals surface area contributed by atoms with Gasteiger partial charge in [-0.1, -0.05) is 18.2 Å². The van der Waals surface area contributed by atoms with Gasteiger partial charge in [0.05, 0.1) is 0 Å². The van der Waals surface area contributed by atoms with E-state index in [9.17, 15) is 14.7 Å². The molecule has 1 aliphatic heterocycles.